The topological polar surface area (TPSA) is 63.0 Å². The average molecular weight is 525 g/mol. The zero-order chi connectivity index (χ0) is 26.4. The third-order valence-corrected chi connectivity index (χ3v) is 7.87. The van der Waals surface area contributed by atoms with Gasteiger partial charge in [-0.15, -0.1) is 0 Å². The van der Waals surface area contributed by atoms with Gasteiger partial charge in [-0.25, -0.2) is 4.79 Å². The predicted octanol–water partition coefficient (Wildman–Crippen LogP) is 6.53. The van der Waals surface area contributed by atoms with E-state index in [-0.39, 0.29) is 17.6 Å². The second-order valence-electron chi connectivity index (χ2n) is 10.1. The van der Waals surface area contributed by atoms with Crippen LogP contribution in [0.1, 0.15) is 40.5 Å². The second-order valence-corrected chi connectivity index (χ2v) is 10.5. The monoisotopic (exact) mass is 524 g/mol. The first-order valence-corrected chi connectivity index (χ1v) is 13.3. The number of aryl methyl sites for hydroxylation is 1. The van der Waals surface area contributed by atoms with Crippen LogP contribution >= 0.6 is 11.6 Å². The van der Waals surface area contributed by atoms with Crippen LogP contribution in [-0.2, 0) is 0 Å². The molecule has 1 aliphatic heterocycles. The lowest BCUT2D eigenvalue weighted by molar-refractivity contribution is 0.0694. The Morgan fingerprint density at radius 1 is 0.921 bits per heavy atom. The van der Waals surface area contributed by atoms with Crippen molar-refractivity contribution in [3.8, 4) is 16.9 Å². The molecule has 3 aromatic carbocycles. The number of piperidine rings is 1. The summed E-state index contributed by atoms with van der Waals surface area (Å²) in [5.41, 5.74) is 7.39. The quantitative estimate of drug-likeness (QED) is 0.290. The maximum Gasteiger partial charge on any atom is 0.326 e. The molecule has 192 valence electrons. The molecule has 1 fully saturated rings. The van der Waals surface area contributed by atoms with Crippen molar-refractivity contribution in [3.63, 3.8) is 0 Å². The molecule has 6 rings (SSSR count). The summed E-state index contributed by atoms with van der Waals surface area (Å²) in [5, 5.41) is 0.674. The first kappa shape index (κ1) is 24.3. The van der Waals surface area contributed by atoms with Gasteiger partial charge < -0.3 is 14.5 Å². The van der Waals surface area contributed by atoms with Gasteiger partial charge in [0, 0.05) is 35.5 Å². The number of rotatable bonds is 4. The van der Waals surface area contributed by atoms with Gasteiger partial charge in [0.1, 0.15) is 0 Å². The highest BCUT2D eigenvalue weighted by atomic mass is 35.5. The minimum Gasteiger partial charge on any atom is -0.338 e. The van der Waals surface area contributed by atoms with Crippen molar-refractivity contribution in [2.75, 3.05) is 13.1 Å². The summed E-state index contributed by atoms with van der Waals surface area (Å²) in [6, 6.07) is 25.9. The summed E-state index contributed by atoms with van der Waals surface area (Å²) in [6.07, 6.45) is 1.46. The van der Waals surface area contributed by atoms with E-state index in [4.69, 9.17) is 11.6 Å². The Balaban J connectivity index is 1.31. The molecule has 0 atom stereocenters. The zero-order valence-electron chi connectivity index (χ0n) is 21.4. The Morgan fingerprint density at radius 3 is 2.39 bits per heavy atom. The number of aromatic nitrogens is 3. The average Bonchev–Trinajstić information content (AvgIpc) is 3.45. The standard InChI is InChI=1S/C31H29ClN4O2/c1-20-6-5-7-25(18-20)35-21(2)26(19-29(35)22-10-12-23(32)13-11-22)30(37)34-16-14-24(15-17-34)36-28-9-4-3-8-27(28)33-31(36)38/h3-13,18-19,24H,14-17H2,1-2H3,(H,33,38). The number of carbonyl (C=O) groups is 1. The third kappa shape index (κ3) is 4.25. The molecule has 0 bridgehead atoms. The molecular weight excluding hydrogens is 496 g/mol. The summed E-state index contributed by atoms with van der Waals surface area (Å²) in [5.74, 6) is 0.0221. The second kappa shape index (κ2) is 9.69. The molecule has 2 aromatic heterocycles. The number of likely N-dealkylation sites (tertiary alicyclic amines) is 1. The van der Waals surface area contributed by atoms with Crippen LogP contribution in [0.15, 0.2) is 83.7 Å². The molecule has 7 heteroatoms. The predicted molar refractivity (Wildman–Crippen MR) is 152 cm³/mol. The number of fused-ring (bicyclic) bond motifs is 1. The van der Waals surface area contributed by atoms with E-state index in [9.17, 15) is 9.59 Å². The number of hydrogen-bond donors (Lipinski definition) is 1. The van der Waals surface area contributed by atoms with Crippen LogP contribution in [0.25, 0.3) is 28.0 Å². The van der Waals surface area contributed by atoms with E-state index in [0.717, 1.165) is 52.1 Å². The van der Waals surface area contributed by atoms with Crippen LogP contribution in [0.3, 0.4) is 0 Å². The highest BCUT2D eigenvalue weighted by Gasteiger charge is 2.29. The minimum absolute atomic E-state index is 0.0221. The van der Waals surface area contributed by atoms with Crippen molar-refractivity contribution >= 4 is 28.5 Å². The number of hydrogen-bond acceptors (Lipinski definition) is 2. The number of aromatic amines is 1. The van der Waals surface area contributed by atoms with Gasteiger partial charge >= 0.3 is 5.69 Å². The van der Waals surface area contributed by atoms with Gasteiger partial charge in [0.05, 0.1) is 22.3 Å². The molecule has 38 heavy (non-hydrogen) atoms. The van der Waals surface area contributed by atoms with Gasteiger partial charge in [-0.05, 0) is 80.3 Å². The summed E-state index contributed by atoms with van der Waals surface area (Å²) in [4.78, 5) is 31.4. The normalized spacial score (nSPS) is 14.3. The molecule has 5 aromatic rings. The zero-order valence-corrected chi connectivity index (χ0v) is 22.2. The number of imidazole rings is 1. The summed E-state index contributed by atoms with van der Waals surface area (Å²) >= 11 is 6.17. The number of nitrogens with one attached hydrogen (secondary N) is 1. The van der Waals surface area contributed by atoms with E-state index in [2.05, 4.69) is 34.7 Å². The Hall–Kier alpha value is -4.03. The number of H-pyrrole nitrogens is 1. The first-order chi connectivity index (χ1) is 18.4. The molecule has 0 unspecified atom stereocenters. The van der Waals surface area contributed by atoms with Crippen LogP contribution in [0.4, 0.5) is 0 Å². The number of halogens is 1. The Bertz CT molecular complexity index is 1700. The van der Waals surface area contributed by atoms with Crippen LogP contribution in [-0.4, -0.2) is 38.0 Å². The number of nitrogens with zero attached hydrogens (tertiary/aromatic N) is 3. The Kier molecular flexibility index (Phi) is 6.20. The van der Waals surface area contributed by atoms with Gasteiger partial charge in [0.25, 0.3) is 5.91 Å². The summed E-state index contributed by atoms with van der Waals surface area (Å²) < 4.78 is 4.01. The van der Waals surface area contributed by atoms with Gasteiger partial charge in [-0.3, -0.25) is 9.36 Å². The van der Waals surface area contributed by atoms with Gasteiger partial charge in [-0.2, -0.15) is 0 Å². The molecule has 0 spiro atoms. The summed E-state index contributed by atoms with van der Waals surface area (Å²) in [6.45, 7) is 5.27. The number of amides is 1. The lowest BCUT2D eigenvalue weighted by Crippen LogP contribution is -2.40. The fourth-order valence-electron chi connectivity index (χ4n) is 5.69. The fraction of sp³-hybridized carbons (Fsp3) is 0.226. The van der Waals surface area contributed by atoms with Crippen LogP contribution in [0.2, 0.25) is 5.02 Å². The third-order valence-electron chi connectivity index (χ3n) is 7.62. The first-order valence-electron chi connectivity index (χ1n) is 12.9. The van der Waals surface area contributed by atoms with E-state index in [1.54, 1.807) is 0 Å². The molecule has 0 radical (unpaired) electrons. The molecule has 6 nitrogen and oxygen atoms in total. The van der Waals surface area contributed by atoms with Crippen molar-refractivity contribution in [2.24, 2.45) is 0 Å². The van der Waals surface area contributed by atoms with Gasteiger partial charge in [-0.1, -0.05) is 48.0 Å². The maximum atomic E-state index is 13.9. The fourth-order valence-corrected chi connectivity index (χ4v) is 5.82. The lowest BCUT2D eigenvalue weighted by atomic mass is 10.0. The number of carbonyl (C=O) groups excluding carboxylic acids is 1. The van der Waals surface area contributed by atoms with Crippen molar-refractivity contribution in [1.82, 2.24) is 19.0 Å². The van der Waals surface area contributed by atoms with Gasteiger partial charge in [0.15, 0.2) is 0 Å². The van der Waals surface area contributed by atoms with Crippen molar-refractivity contribution in [2.45, 2.75) is 32.7 Å². The Labute approximate surface area is 226 Å². The molecule has 0 aliphatic carbocycles. The minimum atomic E-state index is -0.0883. The van der Waals surface area contributed by atoms with Gasteiger partial charge in [0.2, 0.25) is 0 Å². The molecule has 3 heterocycles. The molecule has 1 aliphatic rings. The summed E-state index contributed by atoms with van der Waals surface area (Å²) in [7, 11) is 0. The number of para-hydroxylation sites is 2. The molecule has 0 saturated carbocycles. The lowest BCUT2D eigenvalue weighted by Gasteiger charge is -2.32. The van der Waals surface area contributed by atoms with Crippen LogP contribution < -0.4 is 5.69 Å². The SMILES string of the molecule is Cc1cccc(-n2c(-c3ccc(Cl)cc3)cc(C(=O)N3CCC(n4c(=O)[nH]c5ccccc54)CC3)c2C)c1. The molecule has 1 N–H and O–H groups in total. The Morgan fingerprint density at radius 2 is 1.66 bits per heavy atom. The largest absolute Gasteiger partial charge is 0.338 e. The molecule has 1 amide bonds. The smallest absolute Gasteiger partial charge is 0.326 e. The van der Waals surface area contributed by atoms with E-state index >= 15 is 0 Å². The number of benzene rings is 3. The van der Waals surface area contributed by atoms with E-state index in [0.29, 0.717) is 23.7 Å². The van der Waals surface area contributed by atoms with Crippen LogP contribution in [0, 0.1) is 13.8 Å². The van der Waals surface area contributed by atoms with E-state index < -0.39 is 0 Å². The molecular formula is C31H29ClN4O2. The van der Waals surface area contributed by atoms with Crippen molar-refractivity contribution in [1.29, 1.82) is 0 Å². The van der Waals surface area contributed by atoms with Crippen molar-refractivity contribution < 1.29 is 4.79 Å². The van der Waals surface area contributed by atoms with E-state index in [1.165, 1.54) is 0 Å². The highest BCUT2D eigenvalue weighted by molar-refractivity contribution is 6.30. The van der Waals surface area contributed by atoms with E-state index in [1.807, 2.05) is 77.1 Å². The maximum absolute atomic E-state index is 13.9. The van der Waals surface area contributed by atoms with Crippen LogP contribution in [0.5, 0.6) is 0 Å². The highest BCUT2D eigenvalue weighted by Crippen LogP contribution is 2.33. The molecule has 1 saturated heterocycles. The van der Waals surface area contributed by atoms with Crippen molar-refractivity contribution in [3.05, 3.63) is 111 Å².